The van der Waals surface area contributed by atoms with Crippen LogP contribution in [0.25, 0.3) is 0 Å². The number of thioether (sulfide) groups is 1. The first-order chi connectivity index (χ1) is 12.3. The molecule has 0 saturated carbocycles. The van der Waals surface area contributed by atoms with Gasteiger partial charge in [-0.1, -0.05) is 49.9 Å². The van der Waals surface area contributed by atoms with E-state index in [0.717, 1.165) is 5.56 Å². The fourth-order valence-corrected chi connectivity index (χ4v) is 4.28. The molecule has 1 amide bonds. The number of fused-ring (bicyclic) bond motifs is 1. The van der Waals surface area contributed by atoms with Crippen LogP contribution < -0.4 is 0 Å². The lowest BCUT2D eigenvalue weighted by Crippen LogP contribution is -2.40. The summed E-state index contributed by atoms with van der Waals surface area (Å²) < 4.78 is 5.27. The van der Waals surface area contributed by atoms with Crippen LogP contribution in [0.15, 0.2) is 40.5 Å². The van der Waals surface area contributed by atoms with Gasteiger partial charge in [-0.05, 0) is 37.8 Å². The molecule has 1 saturated heterocycles. The van der Waals surface area contributed by atoms with E-state index >= 15 is 0 Å². The van der Waals surface area contributed by atoms with Gasteiger partial charge in [-0.3, -0.25) is 9.69 Å². The number of nitrogens with zero attached hydrogens (tertiary/aromatic N) is 2. The highest BCUT2D eigenvalue weighted by molar-refractivity contribution is 8.15. The molecule has 1 fully saturated rings. The average Bonchev–Trinajstić information content (AvgIpc) is 2.87. The van der Waals surface area contributed by atoms with Crippen molar-refractivity contribution in [3.63, 3.8) is 0 Å². The number of benzene rings is 1. The van der Waals surface area contributed by atoms with Crippen LogP contribution in [0.3, 0.4) is 0 Å². The molecule has 0 aliphatic carbocycles. The van der Waals surface area contributed by atoms with Crippen molar-refractivity contribution >= 4 is 28.8 Å². The minimum absolute atomic E-state index is 0.0269. The van der Waals surface area contributed by atoms with Gasteiger partial charge in [0.15, 0.2) is 5.17 Å². The van der Waals surface area contributed by atoms with Gasteiger partial charge in [0.25, 0.3) is 0 Å². The van der Waals surface area contributed by atoms with E-state index in [-0.39, 0.29) is 17.8 Å². The minimum Gasteiger partial charge on any atom is -0.463 e. The summed E-state index contributed by atoms with van der Waals surface area (Å²) in [5.74, 6) is -0.0256. The molecule has 1 aromatic rings. The number of carbonyl (C=O) groups excluding carboxylic acids is 2. The van der Waals surface area contributed by atoms with Crippen molar-refractivity contribution in [2.45, 2.75) is 51.8 Å². The molecule has 3 rings (SSSR count). The molecule has 5 nitrogen and oxygen atoms in total. The molecular formula is C20H24N2O3S. The van der Waals surface area contributed by atoms with Crippen LogP contribution in [0, 0.1) is 0 Å². The lowest BCUT2D eigenvalue weighted by atomic mass is 9.92. The Morgan fingerprint density at radius 1 is 1.31 bits per heavy atom. The van der Waals surface area contributed by atoms with Gasteiger partial charge in [0.1, 0.15) is 0 Å². The van der Waals surface area contributed by atoms with Crippen molar-refractivity contribution in [3.05, 3.63) is 46.7 Å². The maximum Gasteiger partial charge on any atom is 0.338 e. The molecule has 0 aromatic heterocycles. The van der Waals surface area contributed by atoms with Crippen LogP contribution in [0.1, 0.15) is 57.7 Å². The Labute approximate surface area is 158 Å². The Balaban J connectivity index is 2.11. The highest BCUT2D eigenvalue weighted by Crippen LogP contribution is 2.43. The Bertz CT molecular complexity index is 796. The number of ether oxygens (including phenoxy) is 1. The van der Waals surface area contributed by atoms with E-state index in [9.17, 15) is 9.59 Å². The quantitative estimate of drug-likeness (QED) is 0.749. The predicted octanol–water partition coefficient (Wildman–Crippen LogP) is 4.02. The Morgan fingerprint density at radius 3 is 2.54 bits per heavy atom. The average molecular weight is 372 g/mol. The van der Waals surface area contributed by atoms with E-state index in [2.05, 4.69) is 31.0 Å². The normalized spacial score (nSPS) is 22.6. The number of allylic oxidation sites excluding steroid dienone is 1. The zero-order valence-electron chi connectivity index (χ0n) is 15.8. The van der Waals surface area contributed by atoms with Crippen LogP contribution >= 0.6 is 11.8 Å². The van der Waals surface area contributed by atoms with Crippen molar-refractivity contribution in [3.8, 4) is 0 Å². The lowest BCUT2D eigenvalue weighted by Gasteiger charge is -2.33. The van der Waals surface area contributed by atoms with Crippen molar-refractivity contribution in [1.82, 2.24) is 4.90 Å². The highest BCUT2D eigenvalue weighted by Gasteiger charge is 2.46. The summed E-state index contributed by atoms with van der Waals surface area (Å²) in [6.07, 6.45) is 0. The smallest absolute Gasteiger partial charge is 0.338 e. The van der Waals surface area contributed by atoms with Gasteiger partial charge in [0.05, 0.1) is 29.2 Å². The molecule has 0 bridgehead atoms. The fourth-order valence-electron chi connectivity index (χ4n) is 3.25. The maximum atomic E-state index is 12.8. The van der Waals surface area contributed by atoms with E-state index in [4.69, 9.17) is 4.74 Å². The Hall–Kier alpha value is -2.08. The first kappa shape index (κ1) is 18.7. The van der Waals surface area contributed by atoms with Crippen LogP contribution in [0.5, 0.6) is 0 Å². The summed E-state index contributed by atoms with van der Waals surface area (Å²) in [4.78, 5) is 31.6. The zero-order chi connectivity index (χ0) is 19.0. The Morgan fingerprint density at radius 2 is 1.96 bits per heavy atom. The van der Waals surface area contributed by atoms with Crippen molar-refractivity contribution < 1.29 is 14.3 Å². The summed E-state index contributed by atoms with van der Waals surface area (Å²) in [5.41, 5.74) is 3.16. The van der Waals surface area contributed by atoms with E-state index in [1.54, 1.807) is 18.7 Å². The number of carbonyl (C=O) groups is 2. The maximum absolute atomic E-state index is 12.8. The van der Waals surface area contributed by atoms with E-state index in [0.29, 0.717) is 22.4 Å². The molecule has 0 spiro atoms. The predicted molar refractivity (Wildman–Crippen MR) is 104 cm³/mol. The molecule has 2 atom stereocenters. The standard InChI is InChI=1S/C20H24N2O3S/c1-6-25-19(24)16-12(4)21-20-22(18(23)13(5)26-20)17(16)15-9-7-14(8-10-15)11(2)3/h7-11,13,17H,6H2,1-5H3/t13-,17-/m1/s1. The van der Waals surface area contributed by atoms with Gasteiger partial charge >= 0.3 is 5.97 Å². The number of amides is 1. The Kier molecular flexibility index (Phi) is 5.23. The highest BCUT2D eigenvalue weighted by atomic mass is 32.2. The summed E-state index contributed by atoms with van der Waals surface area (Å²) in [7, 11) is 0. The van der Waals surface area contributed by atoms with Crippen molar-refractivity contribution in [2.75, 3.05) is 6.61 Å². The van der Waals surface area contributed by atoms with Gasteiger partial charge in [-0.2, -0.15) is 0 Å². The van der Waals surface area contributed by atoms with E-state index < -0.39 is 12.0 Å². The monoisotopic (exact) mass is 372 g/mol. The van der Waals surface area contributed by atoms with Crippen LogP contribution in [0.4, 0.5) is 0 Å². The van der Waals surface area contributed by atoms with Gasteiger partial charge in [-0.15, -0.1) is 0 Å². The SMILES string of the molecule is CCOC(=O)C1=C(C)N=C2S[C@H](C)C(=O)N2[C@@H]1c1ccc(C(C)C)cc1. The summed E-state index contributed by atoms with van der Waals surface area (Å²) in [5, 5.41) is 0.450. The fraction of sp³-hybridized carbons (Fsp3) is 0.450. The lowest BCUT2D eigenvalue weighted by molar-refractivity contribution is -0.139. The van der Waals surface area contributed by atoms with Gasteiger partial charge in [0, 0.05) is 0 Å². The zero-order valence-corrected chi connectivity index (χ0v) is 16.6. The molecular weight excluding hydrogens is 348 g/mol. The second-order valence-corrected chi connectivity index (χ2v) is 8.11. The van der Waals surface area contributed by atoms with Crippen LogP contribution in [-0.2, 0) is 14.3 Å². The molecule has 138 valence electrons. The first-order valence-electron chi connectivity index (χ1n) is 8.91. The number of hydrogen-bond donors (Lipinski definition) is 0. The van der Waals surface area contributed by atoms with E-state index in [1.165, 1.54) is 17.3 Å². The molecule has 2 aliphatic heterocycles. The van der Waals surface area contributed by atoms with Crippen molar-refractivity contribution in [1.29, 1.82) is 0 Å². The van der Waals surface area contributed by atoms with Crippen molar-refractivity contribution in [2.24, 2.45) is 4.99 Å². The molecule has 2 heterocycles. The van der Waals surface area contributed by atoms with Gasteiger partial charge in [0.2, 0.25) is 5.91 Å². The van der Waals surface area contributed by atoms with E-state index in [1.807, 2.05) is 19.1 Å². The third-order valence-corrected chi connectivity index (χ3v) is 5.73. The molecule has 2 aliphatic rings. The second kappa shape index (κ2) is 7.27. The molecule has 0 N–H and O–H groups in total. The number of aliphatic imine (C=N–C) groups is 1. The summed E-state index contributed by atoms with van der Waals surface area (Å²) >= 11 is 1.43. The van der Waals surface area contributed by atoms with Gasteiger partial charge < -0.3 is 4.74 Å². The molecule has 26 heavy (non-hydrogen) atoms. The molecule has 0 unspecified atom stereocenters. The molecule has 1 aromatic carbocycles. The minimum atomic E-state index is -0.493. The summed E-state index contributed by atoms with van der Waals surface area (Å²) in [6.45, 7) is 10.0. The molecule has 6 heteroatoms. The number of rotatable bonds is 4. The number of amidine groups is 1. The number of hydrogen-bond acceptors (Lipinski definition) is 5. The summed E-state index contributed by atoms with van der Waals surface area (Å²) in [6, 6.07) is 7.61. The number of esters is 1. The topological polar surface area (TPSA) is 59.0 Å². The van der Waals surface area contributed by atoms with Gasteiger partial charge in [-0.25, -0.2) is 9.79 Å². The third-order valence-electron chi connectivity index (χ3n) is 4.67. The largest absolute Gasteiger partial charge is 0.463 e. The third kappa shape index (κ3) is 3.18. The molecule has 0 radical (unpaired) electrons. The van der Waals surface area contributed by atoms with Crippen LogP contribution in [0.2, 0.25) is 0 Å². The van der Waals surface area contributed by atoms with Crippen LogP contribution in [-0.4, -0.2) is 33.8 Å². The first-order valence-corrected chi connectivity index (χ1v) is 9.79. The second-order valence-electron chi connectivity index (χ2n) is 6.81.